The fourth-order valence-corrected chi connectivity index (χ4v) is 1.70. The molecule has 0 aromatic carbocycles. The lowest BCUT2D eigenvalue weighted by molar-refractivity contribution is 0.452. The van der Waals surface area contributed by atoms with Crippen LogP contribution in [0.2, 0.25) is 0 Å². The van der Waals surface area contributed by atoms with Crippen molar-refractivity contribution in [2.45, 2.75) is 47.0 Å². The second kappa shape index (κ2) is 9.76. The molecule has 0 fully saturated rings. The molecule has 1 heteroatoms. The van der Waals surface area contributed by atoms with Crippen LogP contribution in [0.25, 0.3) is 0 Å². The molecule has 0 spiro atoms. The molecule has 18 heavy (non-hydrogen) atoms. The number of hydrogen-bond donors (Lipinski definition) is 0. The molecule has 0 bridgehead atoms. The van der Waals surface area contributed by atoms with E-state index in [2.05, 4.69) is 70.5 Å². The Kier molecular flexibility index (Phi) is 9.08. The molecule has 0 unspecified atom stereocenters. The summed E-state index contributed by atoms with van der Waals surface area (Å²) in [5.74, 6) is 0. The number of hydrogen-bond acceptors (Lipinski definition) is 1. The summed E-state index contributed by atoms with van der Waals surface area (Å²) < 4.78 is 0. The average Bonchev–Trinajstić information content (AvgIpc) is 2.39. The summed E-state index contributed by atoms with van der Waals surface area (Å²) in [6.07, 6.45) is 12.3. The van der Waals surface area contributed by atoms with Crippen LogP contribution < -0.4 is 0 Å². The van der Waals surface area contributed by atoms with E-state index in [0.29, 0.717) is 0 Å². The van der Waals surface area contributed by atoms with E-state index in [1.807, 2.05) is 0 Å². The highest BCUT2D eigenvalue weighted by Crippen LogP contribution is 2.18. The molecule has 0 saturated heterocycles. The molecule has 0 aliphatic heterocycles. The van der Waals surface area contributed by atoms with Gasteiger partial charge in [0.1, 0.15) is 0 Å². The Morgan fingerprint density at radius 3 is 2.39 bits per heavy atom. The van der Waals surface area contributed by atoms with Gasteiger partial charge in [-0.2, -0.15) is 0 Å². The minimum Gasteiger partial charge on any atom is -0.375 e. The van der Waals surface area contributed by atoms with Crippen molar-refractivity contribution in [3.8, 4) is 0 Å². The van der Waals surface area contributed by atoms with Crippen molar-refractivity contribution >= 4 is 0 Å². The summed E-state index contributed by atoms with van der Waals surface area (Å²) in [6.45, 7) is 13.7. The number of allylic oxidation sites excluding steroid dienone is 6. The van der Waals surface area contributed by atoms with Gasteiger partial charge in [-0.3, -0.25) is 0 Å². The van der Waals surface area contributed by atoms with Gasteiger partial charge < -0.3 is 4.90 Å². The predicted octanol–water partition coefficient (Wildman–Crippen LogP) is 5.09. The third-order valence-corrected chi connectivity index (χ3v) is 3.12. The average molecular weight is 247 g/mol. The summed E-state index contributed by atoms with van der Waals surface area (Å²) in [7, 11) is 2.12. The van der Waals surface area contributed by atoms with Gasteiger partial charge in [-0.15, -0.1) is 0 Å². The van der Waals surface area contributed by atoms with Crippen LogP contribution >= 0.6 is 0 Å². The van der Waals surface area contributed by atoms with Gasteiger partial charge >= 0.3 is 0 Å². The first kappa shape index (κ1) is 16.8. The highest BCUT2D eigenvalue weighted by Gasteiger charge is 2.04. The Morgan fingerprint density at radius 2 is 1.89 bits per heavy atom. The van der Waals surface area contributed by atoms with E-state index in [0.717, 1.165) is 18.5 Å². The third-order valence-electron chi connectivity index (χ3n) is 3.12. The Labute approximate surface area is 114 Å². The molecule has 0 aliphatic rings. The first-order valence-electron chi connectivity index (χ1n) is 6.98. The van der Waals surface area contributed by atoms with Crippen molar-refractivity contribution in [2.24, 2.45) is 0 Å². The fraction of sp³-hybridized carbons (Fsp3) is 0.529. The molecule has 1 nitrogen and oxygen atoms in total. The minimum absolute atomic E-state index is 1.00. The standard InChI is InChI=1S/C17H29N/c1-7-10-11-12-14-15(4)16(5)17(13-8-2)18(6)9-3/h8,12-14H,4,7,9-11H2,1-3,5-6H3/b13-8-,14-12?,17-16-. The first-order chi connectivity index (χ1) is 8.58. The zero-order chi connectivity index (χ0) is 14.0. The van der Waals surface area contributed by atoms with Gasteiger partial charge in [-0.25, -0.2) is 0 Å². The highest BCUT2D eigenvalue weighted by molar-refractivity contribution is 5.42. The molecular formula is C17H29N. The van der Waals surface area contributed by atoms with Gasteiger partial charge in [-0.05, 0) is 44.4 Å². The number of rotatable bonds is 8. The molecule has 0 aromatic rings. The van der Waals surface area contributed by atoms with Gasteiger partial charge in [0.2, 0.25) is 0 Å². The molecule has 0 saturated carbocycles. The second-order valence-electron chi connectivity index (χ2n) is 4.59. The van der Waals surface area contributed by atoms with E-state index in [1.165, 1.54) is 24.1 Å². The molecular weight excluding hydrogens is 218 g/mol. The van der Waals surface area contributed by atoms with Crippen molar-refractivity contribution in [1.29, 1.82) is 0 Å². The third kappa shape index (κ3) is 5.90. The van der Waals surface area contributed by atoms with Gasteiger partial charge in [0.15, 0.2) is 0 Å². The normalized spacial score (nSPS) is 13.2. The smallest absolute Gasteiger partial charge is 0.0395 e. The van der Waals surface area contributed by atoms with Gasteiger partial charge in [0, 0.05) is 19.3 Å². The first-order valence-corrected chi connectivity index (χ1v) is 6.98. The van der Waals surface area contributed by atoms with Gasteiger partial charge in [-0.1, -0.05) is 44.6 Å². The summed E-state index contributed by atoms with van der Waals surface area (Å²) in [4.78, 5) is 2.25. The lowest BCUT2D eigenvalue weighted by atomic mass is 10.0. The summed E-state index contributed by atoms with van der Waals surface area (Å²) >= 11 is 0. The van der Waals surface area contributed by atoms with E-state index in [4.69, 9.17) is 0 Å². The van der Waals surface area contributed by atoms with Crippen LogP contribution in [0.3, 0.4) is 0 Å². The Balaban J connectivity index is 4.86. The minimum atomic E-state index is 1.00. The van der Waals surface area contributed by atoms with Crippen LogP contribution in [-0.2, 0) is 0 Å². The number of likely N-dealkylation sites (N-methyl/N-ethyl adjacent to an activating group) is 1. The lowest BCUT2D eigenvalue weighted by Crippen LogP contribution is -2.17. The molecule has 0 aliphatic carbocycles. The van der Waals surface area contributed by atoms with Crippen LogP contribution in [0.4, 0.5) is 0 Å². The topological polar surface area (TPSA) is 3.24 Å². The van der Waals surface area contributed by atoms with Crippen LogP contribution in [0, 0.1) is 0 Å². The van der Waals surface area contributed by atoms with Crippen LogP contribution in [0.5, 0.6) is 0 Å². The van der Waals surface area contributed by atoms with Crippen molar-refractivity contribution in [3.05, 3.63) is 47.7 Å². The molecule has 0 rings (SSSR count). The van der Waals surface area contributed by atoms with Gasteiger partial charge in [0.05, 0.1) is 0 Å². The van der Waals surface area contributed by atoms with Crippen LogP contribution in [0.15, 0.2) is 47.7 Å². The Bertz CT molecular complexity index is 332. The SMILES string of the molecule is C=C(C=CCCCC)/C(C)=C(/C=C\C)N(C)CC. The lowest BCUT2D eigenvalue weighted by Gasteiger charge is -2.21. The zero-order valence-electron chi connectivity index (χ0n) is 12.8. The second-order valence-corrected chi connectivity index (χ2v) is 4.59. The highest BCUT2D eigenvalue weighted by atomic mass is 15.1. The summed E-state index contributed by atoms with van der Waals surface area (Å²) in [5, 5.41) is 0. The van der Waals surface area contributed by atoms with Crippen molar-refractivity contribution < 1.29 is 0 Å². The maximum atomic E-state index is 4.17. The maximum Gasteiger partial charge on any atom is 0.0395 e. The van der Waals surface area contributed by atoms with Gasteiger partial charge in [0.25, 0.3) is 0 Å². The number of nitrogens with zero attached hydrogens (tertiary/aromatic N) is 1. The van der Waals surface area contributed by atoms with E-state index in [-0.39, 0.29) is 0 Å². The molecule has 0 amide bonds. The van der Waals surface area contributed by atoms with Crippen LogP contribution in [-0.4, -0.2) is 18.5 Å². The summed E-state index contributed by atoms with van der Waals surface area (Å²) in [6, 6.07) is 0. The van der Waals surface area contributed by atoms with Crippen molar-refractivity contribution in [3.63, 3.8) is 0 Å². The molecule has 0 radical (unpaired) electrons. The maximum absolute atomic E-state index is 4.17. The predicted molar refractivity (Wildman–Crippen MR) is 83.6 cm³/mol. The van der Waals surface area contributed by atoms with E-state index in [9.17, 15) is 0 Å². The number of unbranched alkanes of at least 4 members (excludes halogenated alkanes) is 2. The molecule has 0 atom stereocenters. The Morgan fingerprint density at radius 1 is 1.22 bits per heavy atom. The van der Waals surface area contributed by atoms with E-state index >= 15 is 0 Å². The van der Waals surface area contributed by atoms with Crippen molar-refractivity contribution in [2.75, 3.05) is 13.6 Å². The zero-order valence-corrected chi connectivity index (χ0v) is 12.8. The largest absolute Gasteiger partial charge is 0.375 e. The Hall–Kier alpha value is -1.24. The molecule has 0 aromatic heterocycles. The van der Waals surface area contributed by atoms with E-state index < -0.39 is 0 Å². The fourth-order valence-electron chi connectivity index (χ4n) is 1.70. The monoisotopic (exact) mass is 247 g/mol. The molecule has 0 N–H and O–H groups in total. The summed E-state index contributed by atoms with van der Waals surface area (Å²) in [5.41, 5.74) is 3.62. The molecule has 102 valence electrons. The van der Waals surface area contributed by atoms with Crippen molar-refractivity contribution in [1.82, 2.24) is 4.90 Å². The molecule has 0 heterocycles. The van der Waals surface area contributed by atoms with Crippen LogP contribution in [0.1, 0.15) is 47.0 Å². The van der Waals surface area contributed by atoms with E-state index in [1.54, 1.807) is 0 Å². The quantitative estimate of drug-likeness (QED) is 0.426.